The van der Waals surface area contributed by atoms with Gasteiger partial charge in [0.1, 0.15) is 5.60 Å². The number of halogens is 3. The van der Waals surface area contributed by atoms with E-state index in [9.17, 15) is 22.8 Å². The Morgan fingerprint density at radius 3 is 2.37 bits per heavy atom. The first-order chi connectivity index (χ1) is 14.0. The standard InChI is InChI=1S/C21H19F3N2O3S/c1-20(2,3)29-17(27)12-30-19-25-15-10-6-4-8-13(15)18(28)26(19)16-11-7-5-9-14(16)21(22,23)24/h4-11H,12H2,1-3H3. The zero-order valence-corrected chi connectivity index (χ0v) is 17.3. The van der Waals surface area contributed by atoms with Crippen molar-refractivity contribution >= 4 is 28.6 Å². The highest BCUT2D eigenvalue weighted by Gasteiger charge is 2.34. The molecule has 0 N–H and O–H groups in total. The summed E-state index contributed by atoms with van der Waals surface area (Å²) in [7, 11) is 0. The Hall–Kier alpha value is -2.81. The molecule has 0 amide bonds. The third-order valence-electron chi connectivity index (χ3n) is 3.93. The van der Waals surface area contributed by atoms with Gasteiger partial charge in [0, 0.05) is 0 Å². The summed E-state index contributed by atoms with van der Waals surface area (Å²) in [5.41, 5.74) is -2.35. The van der Waals surface area contributed by atoms with Gasteiger partial charge in [0.05, 0.1) is 27.9 Å². The number of carbonyl (C=O) groups excluding carboxylic acids is 1. The Morgan fingerprint density at radius 1 is 1.07 bits per heavy atom. The summed E-state index contributed by atoms with van der Waals surface area (Å²) in [6, 6.07) is 11.1. The summed E-state index contributed by atoms with van der Waals surface area (Å²) < 4.78 is 46.9. The highest BCUT2D eigenvalue weighted by atomic mass is 32.2. The fourth-order valence-corrected chi connectivity index (χ4v) is 3.60. The summed E-state index contributed by atoms with van der Waals surface area (Å²) in [5.74, 6) is -0.776. The minimum absolute atomic E-state index is 0.0266. The fraction of sp³-hybridized carbons (Fsp3) is 0.286. The number of para-hydroxylation sites is 2. The van der Waals surface area contributed by atoms with Gasteiger partial charge in [-0.05, 0) is 45.0 Å². The lowest BCUT2D eigenvalue weighted by atomic mass is 10.1. The van der Waals surface area contributed by atoms with Gasteiger partial charge in [-0.15, -0.1) is 0 Å². The molecule has 0 atom stereocenters. The number of alkyl halides is 3. The van der Waals surface area contributed by atoms with E-state index in [1.165, 1.54) is 24.3 Å². The van der Waals surface area contributed by atoms with Crippen LogP contribution in [0.15, 0.2) is 58.5 Å². The van der Waals surface area contributed by atoms with Crippen LogP contribution in [-0.4, -0.2) is 26.9 Å². The number of rotatable bonds is 4. The van der Waals surface area contributed by atoms with Gasteiger partial charge < -0.3 is 4.74 Å². The molecule has 3 rings (SSSR count). The number of thioether (sulfide) groups is 1. The van der Waals surface area contributed by atoms with Crippen molar-refractivity contribution in [2.75, 3.05) is 5.75 Å². The van der Waals surface area contributed by atoms with E-state index >= 15 is 0 Å². The van der Waals surface area contributed by atoms with E-state index in [0.29, 0.717) is 5.52 Å². The van der Waals surface area contributed by atoms with Crippen LogP contribution in [0.5, 0.6) is 0 Å². The third kappa shape index (κ3) is 4.84. The van der Waals surface area contributed by atoms with Crippen molar-refractivity contribution in [3.8, 4) is 5.69 Å². The monoisotopic (exact) mass is 436 g/mol. The van der Waals surface area contributed by atoms with Gasteiger partial charge in [-0.3, -0.25) is 14.2 Å². The zero-order valence-electron chi connectivity index (χ0n) is 16.5. The maximum absolute atomic E-state index is 13.6. The molecule has 0 saturated heterocycles. The number of fused-ring (bicyclic) bond motifs is 1. The first-order valence-corrected chi connectivity index (χ1v) is 9.99. The number of hydrogen-bond donors (Lipinski definition) is 0. The van der Waals surface area contributed by atoms with Crippen molar-refractivity contribution in [1.82, 2.24) is 9.55 Å². The minimum atomic E-state index is -4.67. The predicted octanol–water partition coefficient (Wildman–Crippen LogP) is 4.84. The molecule has 0 unspecified atom stereocenters. The number of benzene rings is 2. The number of nitrogens with zero attached hydrogens (tertiary/aromatic N) is 2. The highest BCUT2D eigenvalue weighted by Crippen LogP contribution is 2.34. The number of ether oxygens (including phenoxy) is 1. The van der Waals surface area contributed by atoms with E-state index in [2.05, 4.69) is 4.98 Å². The van der Waals surface area contributed by atoms with Gasteiger partial charge in [0.2, 0.25) is 0 Å². The molecular weight excluding hydrogens is 417 g/mol. The molecule has 30 heavy (non-hydrogen) atoms. The van der Waals surface area contributed by atoms with Crippen molar-refractivity contribution in [2.24, 2.45) is 0 Å². The first kappa shape index (κ1) is 21.9. The third-order valence-corrected chi connectivity index (χ3v) is 4.85. The Morgan fingerprint density at radius 2 is 1.70 bits per heavy atom. The molecule has 0 saturated carbocycles. The lowest BCUT2D eigenvalue weighted by molar-refractivity contribution is -0.151. The molecule has 1 heterocycles. The Kier molecular flexibility index (Phi) is 5.94. The molecule has 0 aliphatic heterocycles. The molecule has 0 aliphatic rings. The molecule has 0 aliphatic carbocycles. The van der Waals surface area contributed by atoms with Crippen molar-refractivity contribution in [3.63, 3.8) is 0 Å². The van der Waals surface area contributed by atoms with Crippen LogP contribution in [0.3, 0.4) is 0 Å². The second kappa shape index (κ2) is 8.14. The average Bonchev–Trinajstić information content (AvgIpc) is 2.64. The van der Waals surface area contributed by atoms with Crippen LogP contribution in [-0.2, 0) is 15.7 Å². The summed E-state index contributed by atoms with van der Waals surface area (Å²) in [4.78, 5) is 29.6. The number of carbonyl (C=O) groups is 1. The van der Waals surface area contributed by atoms with Crippen LogP contribution in [0.25, 0.3) is 16.6 Å². The highest BCUT2D eigenvalue weighted by molar-refractivity contribution is 7.99. The van der Waals surface area contributed by atoms with Crippen molar-refractivity contribution in [1.29, 1.82) is 0 Å². The van der Waals surface area contributed by atoms with E-state index in [1.807, 2.05) is 0 Å². The number of hydrogen-bond acceptors (Lipinski definition) is 5. The van der Waals surface area contributed by atoms with Gasteiger partial charge in [-0.1, -0.05) is 36.0 Å². The predicted molar refractivity (Wildman–Crippen MR) is 109 cm³/mol. The van der Waals surface area contributed by atoms with Crippen molar-refractivity contribution in [3.05, 3.63) is 64.4 Å². The summed E-state index contributed by atoms with van der Waals surface area (Å²) in [5, 5.41) is 0.150. The van der Waals surface area contributed by atoms with Crippen LogP contribution in [0.4, 0.5) is 13.2 Å². The average molecular weight is 436 g/mol. The van der Waals surface area contributed by atoms with Gasteiger partial charge in [0.25, 0.3) is 5.56 Å². The quantitative estimate of drug-likeness (QED) is 0.333. The fourth-order valence-electron chi connectivity index (χ4n) is 2.82. The van der Waals surface area contributed by atoms with Gasteiger partial charge >= 0.3 is 12.1 Å². The molecule has 5 nitrogen and oxygen atoms in total. The van der Waals surface area contributed by atoms with Crippen molar-refractivity contribution in [2.45, 2.75) is 37.7 Å². The molecule has 0 bridgehead atoms. The smallest absolute Gasteiger partial charge is 0.418 e. The molecule has 1 aromatic heterocycles. The maximum Gasteiger partial charge on any atom is 0.418 e. The molecule has 158 valence electrons. The summed E-state index contributed by atoms with van der Waals surface area (Å²) >= 11 is 0.849. The van der Waals surface area contributed by atoms with E-state index in [-0.39, 0.29) is 22.0 Å². The second-order valence-electron chi connectivity index (χ2n) is 7.44. The van der Waals surface area contributed by atoms with Crippen molar-refractivity contribution < 1.29 is 22.7 Å². The van der Waals surface area contributed by atoms with Gasteiger partial charge in [-0.2, -0.15) is 13.2 Å². The van der Waals surface area contributed by atoms with Crippen LogP contribution >= 0.6 is 11.8 Å². The molecule has 3 aromatic rings. The Bertz CT molecular complexity index is 1150. The van der Waals surface area contributed by atoms with E-state index < -0.39 is 28.9 Å². The van der Waals surface area contributed by atoms with Crippen LogP contribution < -0.4 is 5.56 Å². The number of aromatic nitrogens is 2. The second-order valence-corrected chi connectivity index (χ2v) is 8.38. The SMILES string of the molecule is CC(C)(C)OC(=O)CSc1nc2ccccc2c(=O)n1-c1ccccc1C(F)(F)F. The Labute approximate surface area is 174 Å². The molecule has 0 fully saturated rings. The van der Waals surface area contributed by atoms with Gasteiger partial charge in [0.15, 0.2) is 5.16 Å². The van der Waals surface area contributed by atoms with Crippen LogP contribution in [0.2, 0.25) is 0 Å². The normalized spacial score (nSPS) is 12.2. The summed E-state index contributed by atoms with van der Waals surface area (Å²) in [6.07, 6.45) is -4.67. The minimum Gasteiger partial charge on any atom is -0.459 e. The summed E-state index contributed by atoms with van der Waals surface area (Å²) in [6.45, 7) is 5.12. The Balaban J connectivity index is 2.16. The largest absolute Gasteiger partial charge is 0.459 e. The lowest BCUT2D eigenvalue weighted by Gasteiger charge is -2.20. The van der Waals surface area contributed by atoms with E-state index in [1.54, 1.807) is 39.0 Å². The number of esters is 1. The lowest BCUT2D eigenvalue weighted by Crippen LogP contribution is -2.26. The molecule has 0 spiro atoms. The molecule has 2 aromatic carbocycles. The van der Waals surface area contributed by atoms with Crippen LogP contribution in [0.1, 0.15) is 26.3 Å². The molecule has 9 heteroatoms. The van der Waals surface area contributed by atoms with Crippen LogP contribution in [0, 0.1) is 0 Å². The first-order valence-electron chi connectivity index (χ1n) is 9.00. The van der Waals surface area contributed by atoms with Gasteiger partial charge in [-0.25, -0.2) is 4.98 Å². The van der Waals surface area contributed by atoms with E-state index in [0.717, 1.165) is 22.4 Å². The zero-order chi connectivity index (χ0) is 22.1. The topological polar surface area (TPSA) is 61.2 Å². The maximum atomic E-state index is 13.6. The molecule has 0 radical (unpaired) electrons. The van der Waals surface area contributed by atoms with E-state index in [4.69, 9.17) is 4.74 Å². The molecular formula is C21H19F3N2O3S.